The van der Waals surface area contributed by atoms with Gasteiger partial charge < -0.3 is 10.2 Å². The van der Waals surface area contributed by atoms with Crippen molar-refractivity contribution >= 4 is 21.6 Å². The van der Waals surface area contributed by atoms with Crippen molar-refractivity contribution in [1.82, 2.24) is 4.90 Å². The van der Waals surface area contributed by atoms with Crippen molar-refractivity contribution in [2.75, 3.05) is 23.4 Å². The first-order chi connectivity index (χ1) is 12.0. The Morgan fingerprint density at radius 3 is 2.36 bits per heavy atom. The van der Waals surface area contributed by atoms with Gasteiger partial charge in [0.25, 0.3) is 0 Å². The summed E-state index contributed by atoms with van der Waals surface area (Å²) in [6.45, 7) is 2.39. The normalized spacial score (nSPS) is 23.3. The molecule has 1 aromatic carbocycles. The quantitative estimate of drug-likeness (QED) is 0.884. The number of nitrogens with zero attached hydrogens (tertiary/aromatic N) is 1. The first-order valence-electron chi connectivity index (χ1n) is 9.36. The minimum Gasteiger partial charge on any atom is -0.321 e. The lowest BCUT2D eigenvalue weighted by Gasteiger charge is -2.27. The lowest BCUT2D eigenvalue weighted by atomic mass is 9.84. The van der Waals surface area contributed by atoms with Gasteiger partial charge in [-0.2, -0.15) is 0 Å². The molecule has 2 amide bonds. The Labute approximate surface area is 150 Å². The summed E-state index contributed by atoms with van der Waals surface area (Å²) in [4.78, 5) is 14.2. The van der Waals surface area contributed by atoms with Gasteiger partial charge in [-0.25, -0.2) is 13.2 Å². The number of amides is 2. The third-order valence-corrected chi connectivity index (χ3v) is 7.24. The molecule has 1 aliphatic heterocycles. The number of nitrogens with one attached hydrogen (secondary N) is 1. The molecule has 1 aromatic rings. The minimum absolute atomic E-state index is 0.0783. The van der Waals surface area contributed by atoms with Crippen LogP contribution in [0.15, 0.2) is 24.3 Å². The van der Waals surface area contributed by atoms with Crippen molar-refractivity contribution in [3.05, 3.63) is 29.8 Å². The number of sulfone groups is 1. The van der Waals surface area contributed by atoms with Gasteiger partial charge in [0.2, 0.25) is 0 Å². The van der Waals surface area contributed by atoms with Crippen LogP contribution >= 0.6 is 0 Å². The zero-order valence-electron chi connectivity index (χ0n) is 14.9. The maximum atomic E-state index is 12.5. The zero-order chi connectivity index (χ0) is 17.9. The molecule has 0 aromatic heterocycles. The SMILES string of the molecule is CCN(C(=O)Nc1ccc(C2CCCCC2)cc1)[C@H]1CCS(=O)(=O)C1. The van der Waals surface area contributed by atoms with Crippen molar-refractivity contribution in [3.8, 4) is 0 Å². The van der Waals surface area contributed by atoms with Gasteiger partial charge in [0.15, 0.2) is 9.84 Å². The van der Waals surface area contributed by atoms with Crippen LogP contribution in [0, 0.1) is 0 Å². The molecule has 0 unspecified atom stereocenters. The highest BCUT2D eigenvalue weighted by Gasteiger charge is 2.33. The molecule has 1 N–H and O–H groups in total. The summed E-state index contributed by atoms with van der Waals surface area (Å²) < 4.78 is 23.3. The van der Waals surface area contributed by atoms with Crippen LogP contribution in [0.25, 0.3) is 0 Å². The van der Waals surface area contributed by atoms with E-state index < -0.39 is 9.84 Å². The van der Waals surface area contributed by atoms with Crippen LogP contribution in [-0.4, -0.2) is 43.4 Å². The van der Waals surface area contributed by atoms with E-state index in [2.05, 4.69) is 17.4 Å². The maximum Gasteiger partial charge on any atom is 0.322 e. The van der Waals surface area contributed by atoms with Crippen LogP contribution in [0.4, 0.5) is 10.5 Å². The van der Waals surface area contributed by atoms with E-state index >= 15 is 0 Å². The van der Waals surface area contributed by atoms with E-state index in [1.165, 1.54) is 37.7 Å². The molecule has 2 aliphatic rings. The fraction of sp³-hybridized carbons (Fsp3) is 0.632. The minimum atomic E-state index is -3.00. The van der Waals surface area contributed by atoms with E-state index in [0.29, 0.717) is 18.9 Å². The number of benzene rings is 1. The fourth-order valence-corrected chi connectivity index (χ4v) is 5.79. The molecule has 1 aliphatic carbocycles. The van der Waals surface area contributed by atoms with Gasteiger partial charge in [-0.3, -0.25) is 0 Å². The van der Waals surface area contributed by atoms with Crippen molar-refractivity contribution in [1.29, 1.82) is 0 Å². The predicted molar refractivity (Wildman–Crippen MR) is 101 cm³/mol. The Kier molecular flexibility index (Phi) is 5.67. The van der Waals surface area contributed by atoms with E-state index in [1.54, 1.807) is 4.90 Å². The second kappa shape index (κ2) is 7.77. The lowest BCUT2D eigenvalue weighted by molar-refractivity contribution is 0.197. The average Bonchev–Trinajstić information content (AvgIpc) is 2.96. The second-order valence-electron chi connectivity index (χ2n) is 7.23. The summed E-state index contributed by atoms with van der Waals surface area (Å²) in [6.07, 6.45) is 6.99. The molecule has 1 atom stereocenters. The number of urea groups is 1. The van der Waals surface area contributed by atoms with Gasteiger partial charge in [-0.1, -0.05) is 31.4 Å². The Bertz CT molecular complexity index is 694. The van der Waals surface area contributed by atoms with Crippen LogP contribution < -0.4 is 5.32 Å². The van der Waals surface area contributed by atoms with E-state index in [0.717, 1.165) is 5.69 Å². The maximum absolute atomic E-state index is 12.5. The molecule has 1 saturated carbocycles. The Morgan fingerprint density at radius 2 is 1.80 bits per heavy atom. The molecule has 25 heavy (non-hydrogen) atoms. The Morgan fingerprint density at radius 1 is 1.12 bits per heavy atom. The molecule has 3 rings (SSSR count). The topological polar surface area (TPSA) is 66.5 Å². The molecule has 1 saturated heterocycles. The summed E-state index contributed by atoms with van der Waals surface area (Å²) in [5.74, 6) is 0.904. The highest BCUT2D eigenvalue weighted by molar-refractivity contribution is 7.91. The number of carbonyl (C=O) groups excluding carboxylic acids is 1. The van der Waals surface area contributed by atoms with Crippen LogP contribution in [-0.2, 0) is 9.84 Å². The highest BCUT2D eigenvalue weighted by atomic mass is 32.2. The van der Waals surface area contributed by atoms with Crippen molar-refractivity contribution in [3.63, 3.8) is 0 Å². The van der Waals surface area contributed by atoms with E-state index in [9.17, 15) is 13.2 Å². The second-order valence-corrected chi connectivity index (χ2v) is 9.46. The standard InChI is InChI=1S/C19H28N2O3S/c1-2-21(18-12-13-25(23,24)14-18)19(22)20-17-10-8-16(9-11-17)15-6-4-3-5-7-15/h8-11,15,18H,2-7,12-14H2,1H3,(H,20,22)/t18-/m0/s1. The fourth-order valence-electron chi connectivity index (χ4n) is 4.06. The molecule has 0 bridgehead atoms. The van der Waals surface area contributed by atoms with Gasteiger partial charge in [-0.15, -0.1) is 0 Å². The summed E-state index contributed by atoms with van der Waals surface area (Å²) in [6, 6.07) is 7.72. The molecule has 6 heteroatoms. The number of carbonyl (C=O) groups is 1. The van der Waals surface area contributed by atoms with E-state index in [-0.39, 0.29) is 23.6 Å². The Hall–Kier alpha value is -1.56. The number of hydrogen-bond acceptors (Lipinski definition) is 3. The van der Waals surface area contributed by atoms with Gasteiger partial charge in [0.05, 0.1) is 11.5 Å². The first-order valence-corrected chi connectivity index (χ1v) is 11.2. The van der Waals surface area contributed by atoms with Crippen LogP contribution in [0.5, 0.6) is 0 Å². The predicted octanol–water partition coefficient (Wildman–Crippen LogP) is 3.78. The van der Waals surface area contributed by atoms with E-state index in [1.807, 2.05) is 19.1 Å². The molecular formula is C19H28N2O3S. The van der Waals surface area contributed by atoms with Gasteiger partial charge >= 0.3 is 6.03 Å². The molecule has 5 nitrogen and oxygen atoms in total. The summed E-state index contributed by atoms with van der Waals surface area (Å²) in [5.41, 5.74) is 2.12. The molecule has 0 spiro atoms. The zero-order valence-corrected chi connectivity index (χ0v) is 15.7. The smallest absolute Gasteiger partial charge is 0.321 e. The average molecular weight is 365 g/mol. The number of anilines is 1. The van der Waals surface area contributed by atoms with Crippen LogP contribution in [0.1, 0.15) is 56.9 Å². The van der Waals surface area contributed by atoms with Crippen molar-refractivity contribution < 1.29 is 13.2 Å². The third-order valence-electron chi connectivity index (χ3n) is 5.49. The first kappa shape index (κ1) is 18.2. The lowest BCUT2D eigenvalue weighted by Crippen LogP contribution is -2.43. The van der Waals surface area contributed by atoms with Crippen LogP contribution in [0.3, 0.4) is 0 Å². The monoisotopic (exact) mass is 364 g/mol. The number of rotatable bonds is 4. The van der Waals surface area contributed by atoms with Gasteiger partial charge in [0.1, 0.15) is 0 Å². The summed E-state index contributed by atoms with van der Waals surface area (Å²) >= 11 is 0. The summed E-state index contributed by atoms with van der Waals surface area (Å²) in [7, 11) is -3.00. The molecule has 1 heterocycles. The van der Waals surface area contributed by atoms with Crippen LogP contribution in [0.2, 0.25) is 0 Å². The van der Waals surface area contributed by atoms with Gasteiger partial charge in [0, 0.05) is 18.3 Å². The van der Waals surface area contributed by atoms with Crippen molar-refractivity contribution in [2.24, 2.45) is 0 Å². The third kappa shape index (κ3) is 4.54. The molecule has 2 fully saturated rings. The largest absolute Gasteiger partial charge is 0.322 e. The molecule has 138 valence electrons. The number of hydrogen-bond donors (Lipinski definition) is 1. The van der Waals surface area contributed by atoms with Crippen molar-refractivity contribution in [2.45, 2.75) is 57.4 Å². The molecular weight excluding hydrogens is 336 g/mol. The summed E-state index contributed by atoms with van der Waals surface area (Å²) in [5, 5.41) is 2.92. The van der Waals surface area contributed by atoms with E-state index in [4.69, 9.17) is 0 Å². The highest BCUT2D eigenvalue weighted by Crippen LogP contribution is 2.33. The van der Waals surface area contributed by atoms with Gasteiger partial charge in [-0.05, 0) is 49.8 Å². The Balaban J connectivity index is 1.61. The molecule has 0 radical (unpaired) electrons.